The number of hydrogen-bond donors (Lipinski definition) is 6. The van der Waals surface area contributed by atoms with E-state index in [1.807, 2.05) is 19.9 Å². The van der Waals surface area contributed by atoms with Gasteiger partial charge in [-0.25, -0.2) is 9.59 Å². The number of esters is 3. The molecule has 0 aromatic heterocycles. The lowest BCUT2D eigenvalue weighted by Gasteiger charge is -2.70. The van der Waals surface area contributed by atoms with Crippen LogP contribution in [0.3, 0.4) is 0 Å². The molecule has 2 aliphatic heterocycles. The van der Waals surface area contributed by atoms with Crippen molar-refractivity contribution < 1.29 is 83.0 Å². The van der Waals surface area contributed by atoms with Crippen molar-refractivity contribution in [1.82, 2.24) is 0 Å². The van der Waals surface area contributed by atoms with Gasteiger partial charge in [-0.05, 0) is 104 Å². The summed E-state index contributed by atoms with van der Waals surface area (Å²) in [6, 6.07) is 0. The molecular formula is C45H68O17. The molecule has 0 unspecified atom stereocenters. The lowest BCUT2D eigenvalue weighted by atomic mass is 9.33. The maximum atomic E-state index is 15.0. The van der Waals surface area contributed by atoms with Gasteiger partial charge in [-0.1, -0.05) is 40.2 Å². The molecule has 20 atom stereocenters. The molecule has 0 amide bonds. The molecule has 6 fully saturated rings. The number of aliphatic hydroxyl groups excluding tert-OH is 6. The first kappa shape index (κ1) is 47.4. The number of methoxy groups -OCH3 is 3. The van der Waals surface area contributed by atoms with Crippen LogP contribution < -0.4 is 0 Å². The number of carbonyl (C=O) groups is 4. The Morgan fingerprint density at radius 2 is 1.31 bits per heavy atom. The highest BCUT2D eigenvalue weighted by molar-refractivity contribution is 5.95. The van der Waals surface area contributed by atoms with E-state index in [-0.39, 0.29) is 41.0 Å². The molecule has 6 N–H and O–H groups in total. The van der Waals surface area contributed by atoms with Crippen LogP contribution in [0.5, 0.6) is 0 Å². The van der Waals surface area contributed by atoms with E-state index in [2.05, 4.69) is 32.4 Å². The van der Waals surface area contributed by atoms with Crippen molar-refractivity contribution in [3.8, 4) is 0 Å². The molecular weight excluding hydrogens is 812 g/mol. The predicted molar refractivity (Wildman–Crippen MR) is 214 cm³/mol. The zero-order valence-corrected chi connectivity index (χ0v) is 37.4. The van der Waals surface area contributed by atoms with Gasteiger partial charge in [0.1, 0.15) is 36.6 Å². The SMILES string of the molecule is COC(=O)[C@H]1O[C@@H](O[C@H]2[C@@H](O[C@H]3CC[C@@]4(C)[C@@H](CC[C@]5(C)[C@@H]4C(=O)C=C4[C@H]6C[C@@](C)(C(=O)OC)CC[C@]6(C)CC[C@]45C)[C@@]3(C)CO)O[C@H](C(=O)OC)[C@@H](O)[C@@H]2O)[C@H](O)[C@@H](O)[C@@H]1O. The fourth-order valence-corrected chi connectivity index (χ4v) is 13.8. The lowest BCUT2D eigenvalue weighted by Crippen LogP contribution is -2.69. The number of ketones is 1. The first-order valence-electron chi connectivity index (χ1n) is 22.1. The fourth-order valence-electron chi connectivity index (χ4n) is 13.8. The molecule has 17 nitrogen and oxygen atoms in total. The number of allylic oxidation sites excluding steroid dienone is 2. The second kappa shape index (κ2) is 16.4. The normalized spacial score (nSPS) is 51.3. The molecule has 62 heavy (non-hydrogen) atoms. The second-order valence-electron chi connectivity index (χ2n) is 21.0. The van der Waals surface area contributed by atoms with Crippen LogP contribution >= 0.6 is 0 Å². The summed E-state index contributed by atoms with van der Waals surface area (Å²) in [5, 5.41) is 65.9. The van der Waals surface area contributed by atoms with Gasteiger partial charge in [0.05, 0.1) is 39.5 Å². The summed E-state index contributed by atoms with van der Waals surface area (Å²) in [7, 11) is 3.53. The molecule has 2 saturated heterocycles. The number of rotatable bonds is 8. The minimum absolute atomic E-state index is 0.0337. The van der Waals surface area contributed by atoms with E-state index in [9.17, 15) is 45.0 Å². The van der Waals surface area contributed by atoms with Crippen LogP contribution in [0, 0.1) is 50.2 Å². The first-order chi connectivity index (χ1) is 28.9. The zero-order chi connectivity index (χ0) is 45.7. The summed E-state index contributed by atoms with van der Waals surface area (Å²) in [4.78, 5) is 53.4. The Kier molecular flexibility index (Phi) is 12.5. The first-order valence-corrected chi connectivity index (χ1v) is 22.1. The van der Waals surface area contributed by atoms with E-state index >= 15 is 4.79 Å². The Labute approximate surface area is 362 Å². The molecule has 0 aromatic rings. The quantitative estimate of drug-likeness (QED) is 0.115. The number of ether oxygens (including phenoxy) is 7. The smallest absolute Gasteiger partial charge is 0.337 e. The van der Waals surface area contributed by atoms with Gasteiger partial charge in [0.2, 0.25) is 0 Å². The van der Waals surface area contributed by atoms with Crippen LogP contribution in [0.2, 0.25) is 0 Å². The van der Waals surface area contributed by atoms with Crippen molar-refractivity contribution in [2.24, 2.45) is 50.2 Å². The molecule has 17 heteroatoms. The van der Waals surface area contributed by atoms with E-state index < -0.39 is 107 Å². The van der Waals surface area contributed by atoms with Gasteiger partial charge in [0, 0.05) is 11.3 Å². The largest absolute Gasteiger partial charge is 0.469 e. The average Bonchev–Trinajstić information content (AvgIpc) is 3.24. The molecule has 7 aliphatic rings. The number of carbonyl (C=O) groups excluding carboxylic acids is 4. The van der Waals surface area contributed by atoms with E-state index in [1.54, 1.807) is 0 Å². The summed E-state index contributed by atoms with van der Waals surface area (Å²) >= 11 is 0. The molecule has 7 rings (SSSR count). The third kappa shape index (κ3) is 6.93. The summed E-state index contributed by atoms with van der Waals surface area (Å²) < 4.78 is 38.9. The lowest BCUT2D eigenvalue weighted by molar-refractivity contribution is -0.372. The van der Waals surface area contributed by atoms with Crippen LogP contribution in [0.1, 0.15) is 99.3 Å². The molecule has 0 aromatic carbocycles. The summed E-state index contributed by atoms with van der Waals surface area (Å²) in [5.74, 6) is -2.94. The molecule has 4 saturated carbocycles. The molecule has 2 heterocycles. The predicted octanol–water partition coefficient (Wildman–Crippen LogP) is 1.48. The topological polar surface area (TPSA) is 254 Å². The van der Waals surface area contributed by atoms with Crippen LogP contribution in [0.4, 0.5) is 0 Å². The van der Waals surface area contributed by atoms with Gasteiger partial charge >= 0.3 is 17.9 Å². The molecule has 0 spiro atoms. The number of aliphatic hydroxyl groups is 6. The third-order valence-corrected chi connectivity index (χ3v) is 17.9. The molecule has 350 valence electrons. The van der Waals surface area contributed by atoms with Crippen LogP contribution in [0.25, 0.3) is 0 Å². The van der Waals surface area contributed by atoms with Crippen LogP contribution in [0.15, 0.2) is 11.6 Å². The Balaban J connectivity index is 1.20. The molecule has 0 radical (unpaired) electrons. The Hall–Kier alpha value is -2.58. The molecule has 0 bridgehead atoms. The Bertz CT molecular complexity index is 1810. The fraction of sp³-hybridized carbons (Fsp3) is 0.867. The van der Waals surface area contributed by atoms with Crippen molar-refractivity contribution in [2.75, 3.05) is 27.9 Å². The van der Waals surface area contributed by atoms with Gasteiger partial charge in [0.15, 0.2) is 30.6 Å². The van der Waals surface area contributed by atoms with Crippen LogP contribution in [-0.4, -0.2) is 150 Å². The van der Waals surface area contributed by atoms with E-state index in [4.69, 9.17) is 28.4 Å². The summed E-state index contributed by atoms with van der Waals surface area (Å²) in [5.41, 5.74) is -2.02. The van der Waals surface area contributed by atoms with E-state index in [0.29, 0.717) is 32.1 Å². The Morgan fingerprint density at radius 1 is 0.710 bits per heavy atom. The van der Waals surface area contributed by atoms with Gasteiger partial charge in [-0.3, -0.25) is 9.59 Å². The monoisotopic (exact) mass is 880 g/mol. The summed E-state index contributed by atoms with van der Waals surface area (Å²) in [6.45, 7) is 12.5. The van der Waals surface area contributed by atoms with E-state index in [0.717, 1.165) is 45.5 Å². The van der Waals surface area contributed by atoms with Crippen molar-refractivity contribution >= 4 is 23.7 Å². The molecule has 5 aliphatic carbocycles. The van der Waals surface area contributed by atoms with Gasteiger partial charge < -0.3 is 63.8 Å². The van der Waals surface area contributed by atoms with Crippen molar-refractivity contribution in [2.45, 2.75) is 167 Å². The van der Waals surface area contributed by atoms with Crippen molar-refractivity contribution in [3.05, 3.63) is 11.6 Å². The third-order valence-electron chi connectivity index (χ3n) is 17.9. The highest BCUT2D eigenvalue weighted by atomic mass is 16.8. The average molecular weight is 881 g/mol. The van der Waals surface area contributed by atoms with Crippen LogP contribution in [-0.2, 0) is 52.3 Å². The minimum Gasteiger partial charge on any atom is -0.469 e. The maximum absolute atomic E-state index is 15.0. The number of fused-ring (bicyclic) bond motifs is 7. The minimum atomic E-state index is -1.97. The van der Waals surface area contributed by atoms with Crippen molar-refractivity contribution in [1.29, 1.82) is 0 Å². The van der Waals surface area contributed by atoms with Gasteiger partial charge in [-0.2, -0.15) is 0 Å². The highest BCUT2D eigenvalue weighted by Crippen LogP contribution is 2.75. The van der Waals surface area contributed by atoms with E-state index in [1.165, 1.54) is 7.11 Å². The zero-order valence-electron chi connectivity index (χ0n) is 37.4. The maximum Gasteiger partial charge on any atom is 0.337 e. The number of hydrogen-bond acceptors (Lipinski definition) is 17. The highest BCUT2D eigenvalue weighted by Gasteiger charge is 2.71. The van der Waals surface area contributed by atoms with Gasteiger partial charge in [0.25, 0.3) is 0 Å². The summed E-state index contributed by atoms with van der Waals surface area (Å²) in [6.07, 6.45) is -11.4. The standard InChI is InChI=1S/C45H68O17/c1-40-14-15-41(2,39(55)58-9)19-22(40)21-18-23(47)34-42(3)12-11-25(43(4,20-46)24(42)10-13-45(34,6)44(21,5)17-16-40)59-38-33(29(51)28(50)32(61-38)36(54)57-8)62-37-30(52)26(48)27(49)31(60-37)35(53)56-7/h18,22,24-34,37-38,46,48-52H,10-17,19-20H2,1-9H3/t22-,24-,25+,26+,27+,28+,29+,30-,31+,32+,33-,34-,37+,38+,40-,41+,42+,43-,44-,45-/m1/s1. The van der Waals surface area contributed by atoms with Crippen molar-refractivity contribution in [3.63, 3.8) is 0 Å². The Morgan fingerprint density at radius 3 is 1.90 bits per heavy atom. The second-order valence-corrected chi connectivity index (χ2v) is 21.0. The van der Waals surface area contributed by atoms with Gasteiger partial charge in [-0.15, -0.1) is 0 Å².